The second kappa shape index (κ2) is 8.95. The first-order chi connectivity index (χ1) is 14.2. The standard InChI is InChI=1S/C21H21FN2O4S2/c1-24(2)30(26,27)19-13-15(8-11-17(19)28-3)21(25)23-20(18-5-4-12-29-18)14-6-9-16(22)10-7-14/h4-13,20H,1-3H3,(H,23,25). The minimum absolute atomic E-state index is 0.0999. The molecule has 1 aromatic heterocycles. The van der Waals surface area contributed by atoms with Crippen molar-refractivity contribution in [1.82, 2.24) is 9.62 Å². The maximum absolute atomic E-state index is 13.4. The summed E-state index contributed by atoms with van der Waals surface area (Å²) in [6.07, 6.45) is 0. The van der Waals surface area contributed by atoms with Gasteiger partial charge in [0.2, 0.25) is 10.0 Å². The lowest BCUT2D eigenvalue weighted by molar-refractivity contribution is 0.0943. The third kappa shape index (κ3) is 4.53. The van der Waals surface area contributed by atoms with Gasteiger partial charge in [0.25, 0.3) is 5.91 Å². The van der Waals surface area contributed by atoms with Crippen molar-refractivity contribution in [2.45, 2.75) is 10.9 Å². The first kappa shape index (κ1) is 21.9. The average Bonchev–Trinajstić information content (AvgIpc) is 3.26. The molecule has 1 atom stereocenters. The van der Waals surface area contributed by atoms with Crippen molar-refractivity contribution in [2.75, 3.05) is 21.2 Å². The van der Waals surface area contributed by atoms with E-state index in [1.165, 1.54) is 62.9 Å². The number of methoxy groups -OCH3 is 1. The van der Waals surface area contributed by atoms with Gasteiger partial charge in [-0.1, -0.05) is 18.2 Å². The molecule has 0 saturated heterocycles. The van der Waals surface area contributed by atoms with Gasteiger partial charge in [-0.05, 0) is 47.3 Å². The van der Waals surface area contributed by atoms with E-state index in [0.29, 0.717) is 5.56 Å². The van der Waals surface area contributed by atoms with Crippen LogP contribution in [0.5, 0.6) is 5.75 Å². The predicted octanol–water partition coefficient (Wildman–Crippen LogP) is 3.67. The number of ether oxygens (including phenoxy) is 1. The number of nitrogens with zero attached hydrogens (tertiary/aromatic N) is 1. The number of nitrogens with one attached hydrogen (secondary N) is 1. The van der Waals surface area contributed by atoms with Crippen LogP contribution in [0.15, 0.2) is 64.9 Å². The van der Waals surface area contributed by atoms with Crippen LogP contribution in [-0.2, 0) is 10.0 Å². The zero-order chi connectivity index (χ0) is 21.9. The number of carbonyl (C=O) groups is 1. The van der Waals surface area contributed by atoms with Gasteiger partial charge in [0.15, 0.2) is 0 Å². The fourth-order valence-corrected chi connectivity index (χ4v) is 4.74. The zero-order valence-electron chi connectivity index (χ0n) is 16.6. The Bertz CT molecular complexity index is 1130. The van der Waals surface area contributed by atoms with E-state index < -0.39 is 22.0 Å². The lowest BCUT2D eigenvalue weighted by Gasteiger charge is -2.19. The summed E-state index contributed by atoms with van der Waals surface area (Å²) in [6.45, 7) is 0. The molecular formula is C21H21FN2O4S2. The fourth-order valence-electron chi connectivity index (χ4n) is 2.86. The summed E-state index contributed by atoms with van der Waals surface area (Å²) < 4.78 is 44.8. The first-order valence-corrected chi connectivity index (χ1v) is 11.3. The second-order valence-corrected chi connectivity index (χ2v) is 9.73. The quantitative estimate of drug-likeness (QED) is 0.599. The van der Waals surface area contributed by atoms with Gasteiger partial charge >= 0.3 is 0 Å². The molecule has 30 heavy (non-hydrogen) atoms. The van der Waals surface area contributed by atoms with Crippen LogP contribution < -0.4 is 10.1 Å². The van der Waals surface area contributed by atoms with Crippen LogP contribution in [0, 0.1) is 5.82 Å². The smallest absolute Gasteiger partial charge is 0.252 e. The number of rotatable bonds is 7. The van der Waals surface area contributed by atoms with Crippen LogP contribution in [0.1, 0.15) is 26.8 Å². The molecule has 0 saturated carbocycles. The summed E-state index contributed by atoms with van der Waals surface area (Å²) in [7, 11) is 0.362. The number of carbonyl (C=O) groups excluding carboxylic acids is 1. The molecule has 1 N–H and O–H groups in total. The Morgan fingerprint density at radius 1 is 1.13 bits per heavy atom. The molecule has 1 unspecified atom stereocenters. The van der Waals surface area contributed by atoms with Gasteiger partial charge in [-0.15, -0.1) is 11.3 Å². The number of thiophene rings is 1. The van der Waals surface area contributed by atoms with Crippen molar-refractivity contribution < 1.29 is 22.3 Å². The van der Waals surface area contributed by atoms with E-state index in [-0.39, 0.29) is 22.0 Å². The normalized spacial score (nSPS) is 12.6. The molecule has 0 bridgehead atoms. The van der Waals surface area contributed by atoms with Gasteiger partial charge in [-0.25, -0.2) is 17.1 Å². The molecule has 1 amide bonds. The van der Waals surface area contributed by atoms with Gasteiger partial charge in [-0.3, -0.25) is 4.79 Å². The first-order valence-electron chi connectivity index (χ1n) is 8.94. The van der Waals surface area contributed by atoms with E-state index in [2.05, 4.69) is 5.32 Å². The number of sulfonamides is 1. The average molecular weight is 449 g/mol. The lowest BCUT2D eigenvalue weighted by atomic mass is 10.0. The second-order valence-electron chi connectivity index (χ2n) is 6.63. The Kier molecular flexibility index (Phi) is 6.55. The Balaban J connectivity index is 1.98. The van der Waals surface area contributed by atoms with Gasteiger partial charge in [-0.2, -0.15) is 0 Å². The van der Waals surface area contributed by atoms with E-state index in [9.17, 15) is 17.6 Å². The van der Waals surface area contributed by atoms with Crippen LogP contribution in [0.3, 0.4) is 0 Å². The number of amides is 1. The van der Waals surface area contributed by atoms with E-state index in [1.807, 2.05) is 17.5 Å². The molecule has 158 valence electrons. The van der Waals surface area contributed by atoms with Gasteiger partial charge in [0.05, 0.1) is 13.2 Å². The maximum atomic E-state index is 13.4. The number of hydrogen-bond donors (Lipinski definition) is 1. The van der Waals surface area contributed by atoms with Crippen LogP contribution in [0.2, 0.25) is 0 Å². The van der Waals surface area contributed by atoms with Crippen LogP contribution in [0.4, 0.5) is 4.39 Å². The van der Waals surface area contributed by atoms with Crippen molar-refractivity contribution in [3.8, 4) is 5.75 Å². The molecule has 3 aromatic rings. The van der Waals surface area contributed by atoms with Gasteiger partial charge < -0.3 is 10.1 Å². The van der Waals surface area contributed by atoms with Crippen molar-refractivity contribution >= 4 is 27.3 Å². The SMILES string of the molecule is COc1ccc(C(=O)NC(c2ccc(F)cc2)c2cccs2)cc1S(=O)(=O)N(C)C. The summed E-state index contributed by atoms with van der Waals surface area (Å²) in [4.78, 5) is 13.8. The van der Waals surface area contributed by atoms with E-state index in [4.69, 9.17) is 4.74 Å². The molecule has 0 spiro atoms. The van der Waals surface area contributed by atoms with Crippen molar-refractivity contribution in [2.24, 2.45) is 0 Å². The number of hydrogen-bond acceptors (Lipinski definition) is 5. The summed E-state index contributed by atoms with van der Waals surface area (Å²) >= 11 is 1.45. The fraction of sp³-hybridized carbons (Fsp3) is 0.190. The molecule has 1 heterocycles. The molecule has 0 aliphatic carbocycles. The summed E-state index contributed by atoms with van der Waals surface area (Å²) in [5.41, 5.74) is 0.877. The van der Waals surface area contributed by atoms with E-state index in [0.717, 1.165) is 9.18 Å². The highest BCUT2D eigenvalue weighted by Gasteiger charge is 2.25. The van der Waals surface area contributed by atoms with Crippen molar-refractivity contribution in [3.63, 3.8) is 0 Å². The Hall–Kier alpha value is -2.75. The van der Waals surface area contributed by atoms with Crippen LogP contribution in [0.25, 0.3) is 0 Å². The summed E-state index contributed by atoms with van der Waals surface area (Å²) in [5.74, 6) is -0.687. The molecule has 9 heteroatoms. The monoisotopic (exact) mass is 448 g/mol. The highest BCUT2D eigenvalue weighted by molar-refractivity contribution is 7.89. The largest absolute Gasteiger partial charge is 0.495 e. The Labute approximate surface area is 179 Å². The van der Waals surface area contributed by atoms with Gasteiger partial charge in [0.1, 0.15) is 16.5 Å². The van der Waals surface area contributed by atoms with E-state index in [1.54, 1.807) is 12.1 Å². The summed E-state index contributed by atoms with van der Waals surface area (Å²) in [5, 5.41) is 4.80. The number of halogens is 1. The lowest BCUT2D eigenvalue weighted by Crippen LogP contribution is -2.29. The third-order valence-corrected chi connectivity index (χ3v) is 7.26. The topological polar surface area (TPSA) is 75.7 Å². The highest BCUT2D eigenvalue weighted by Crippen LogP contribution is 2.29. The van der Waals surface area contributed by atoms with Crippen LogP contribution in [-0.4, -0.2) is 39.8 Å². The zero-order valence-corrected chi connectivity index (χ0v) is 18.3. The molecular weight excluding hydrogens is 427 g/mol. The van der Waals surface area contributed by atoms with Gasteiger partial charge in [0, 0.05) is 24.5 Å². The van der Waals surface area contributed by atoms with E-state index >= 15 is 0 Å². The highest BCUT2D eigenvalue weighted by atomic mass is 32.2. The Morgan fingerprint density at radius 3 is 2.40 bits per heavy atom. The Morgan fingerprint density at radius 2 is 1.83 bits per heavy atom. The minimum atomic E-state index is -3.82. The molecule has 0 aliphatic heterocycles. The molecule has 0 fully saturated rings. The maximum Gasteiger partial charge on any atom is 0.252 e. The third-order valence-electron chi connectivity index (χ3n) is 4.49. The van der Waals surface area contributed by atoms with Crippen molar-refractivity contribution in [3.05, 3.63) is 81.8 Å². The molecule has 0 aliphatic rings. The molecule has 3 rings (SSSR count). The molecule has 0 radical (unpaired) electrons. The minimum Gasteiger partial charge on any atom is -0.495 e. The molecule has 2 aromatic carbocycles. The predicted molar refractivity (Wildman–Crippen MR) is 114 cm³/mol. The summed E-state index contributed by atoms with van der Waals surface area (Å²) in [6, 6.07) is 13.3. The molecule has 6 nitrogen and oxygen atoms in total. The van der Waals surface area contributed by atoms with Crippen molar-refractivity contribution in [1.29, 1.82) is 0 Å². The van der Waals surface area contributed by atoms with Crippen LogP contribution >= 0.6 is 11.3 Å². The number of benzene rings is 2.